The molecule has 27 heavy (non-hydrogen) atoms. The molecule has 1 atom stereocenters. The zero-order chi connectivity index (χ0) is 18.1. The highest BCUT2D eigenvalue weighted by Crippen LogP contribution is 2.34. The van der Waals surface area contributed by atoms with Gasteiger partial charge in [-0.15, -0.1) is 17.0 Å². The van der Waals surface area contributed by atoms with E-state index < -0.39 is 11.7 Å². The van der Waals surface area contributed by atoms with E-state index >= 15 is 0 Å². The number of halogens is 4. The Morgan fingerprint density at radius 3 is 2.37 bits per heavy atom. The van der Waals surface area contributed by atoms with Gasteiger partial charge in [0.1, 0.15) is 11.9 Å². The Kier molecular flexibility index (Phi) is 6.16. The van der Waals surface area contributed by atoms with E-state index in [2.05, 4.69) is 17.0 Å². The van der Waals surface area contributed by atoms with Gasteiger partial charge in [0.05, 0.1) is 5.56 Å². The van der Waals surface area contributed by atoms with Crippen molar-refractivity contribution in [2.24, 2.45) is 5.92 Å². The van der Waals surface area contributed by atoms with Gasteiger partial charge in [0, 0.05) is 19.6 Å². The van der Waals surface area contributed by atoms with Gasteiger partial charge >= 0.3 is 6.18 Å². The van der Waals surface area contributed by atoms with Crippen molar-refractivity contribution in [3.8, 4) is 5.75 Å². The molecule has 146 valence electrons. The Bertz CT molecular complexity index is 759. The minimum Gasteiger partial charge on any atom is -0.484 e. The van der Waals surface area contributed by atoms with E-state index in [1.807, 2.05) is 12.1 Å². The summed E-state index contributed by atoms with van der Waals surface area (Å²) in [6.07, 6.45) is -0.907. The fraction of sp³-hybridized carbons (Fsp3) is 0.429. The number of ether oxygens (including phenoxy) is 1. The fourth-order valence-corrected chi connectivity index (χ4v) is 3.60. The molecule has 0 saturated heterocycles. The van der Waals surface area contributed by atoms with Crippen molar-refractivity contribution in [2.75, 3.05) is 19.6 Å². The first-order valence-electron chi connectivity index (χ1n) is 9.13. The number of hydrogen-bond acceptors (Lipinski definition) is 2. The van der Waals surface area contributed by atoms with Crippen LogP contribution in [0.2, 0.25) is 0 Å². The van der Waals surface area contributed by atoms with Crippen LogP contribution in [0.3, 0.4) is 0 Å². The summed E-state index contributed by atoms with van der Waals surface area (Å²) in [5, 5.41) is 0. The number of alkyl halides is 3. The van der Waals surface area contributed by atoms with Crippen LogP contribution in [0.25, 0.3) is 0 Å². The van der Waals surface area contributed by atoms with Crippen LogP contribution >= 0.6 is 17.0 Å². The van der Waals surface area contributed by atoms with Crippen molar-refractivity contribution in [2.45, 2.75) is 31.5 Å². The molecule has 2 aromatic carbocycles. The maximum Gasteiger partial charge on any atom is 0.416 e. The molecule has 1 aliphatic heterocycles. The van der Waals surface area contributed by atoms with E-state index in [-0.39, 0.29) is 23.1 Å². The first-order chi connectivity index (χ1) is 12.5. The quantitative estimate of drug-likeness (QED) is 0.605. The van der Waals surface area contributed by atoms with Crippen LogP contribution in [-0.2, 0) is 12.6 Å². The van der Waals surface area contributed by atoms with Crippen LogP contribution < -0.4 is 4.74 Å². The summed E-state index contributed by atoms with van der Waals surface area (Å²) < 4.78 is 44.4. The number of hydrogen-bond donors (Lipinski definition) is 0. The van der Waals surface area contributed by atoms with Gasteiger partial charge in [-0.2, -0.15) is 13.2 Å². The molecule has 1 fully saturated rings. The monoisotopic (exact) mass is 441 g/mol. The molecule has 4 rings (SSSR count). The minimum atomic E-state index is -4.32. The molecule has 2 nitrogen and oxygen atoms in total. The van der Waals surface area contributed by atoms with Crippen LogP contribution in [-0.4, -0.2) is 24.5 Å². The summed E-state index contributed by atoms with van der Waals surface area (Å²) in [6.45, 7) is 2.86. The van der Waals surface area contributed by atoms with Crippen LogP contribution in [0.1, 0.15) is 35.6 Å². The van der Waals surface area contributed by atoms with Gasteiger partial charge in [0.2, 0.25) is 0 Å². The fourth-order valence-electron chi connectivity index (χ4n) is 3.60. The van der Waals surface area contributed by atoms with E-state index in [1.54, 1.807) is 0 Å². The highest BCUT2D eigenvalue weighted by molar-refractivity contribution is 8.93. The number of fused-ring (bicyclic) bond motifs is 1. The predicted octanol–water partition coefficient (Wildman–Crippen LogP) is 5.67. The molecule has 0 aromatic heterocycles. The Balaban J connectivity index is 0.00000210. The second-order valence-corrected chi connectivity index (χ2v) is 7.28. The average Bonchev–Trinajstić information content (AvgIpc) is 3.44. The lowest BCUT2D eigenvalue weighted by atomic mass is 10.0. The van der Waals surface area contributed by atoms with E-state index in [0.717, 1.165) is 49.7 Å². The van der Waals surface area contributed by atoms with E-state index in [9.17, 15) is 13.2 Å². The third-order valence-corrected chi connectivity index (χ3v) is 5.20. The topological polar surface area (TPSA) is 12.5 Å². The molecule has 2 aromatic rings. The predicted molar refractivity (Wildman–Crippen MR) is 104 cm³/mol. The van der Waals surface area contributed by atoms with Crippen LogP contribution in [0.5, 0.6) is 5.75 Å². The third-order valence-electron chi connectivity index (χ3n) is 5.20. The first kappa shape index (κ1) is 20.2. The summed E-state index contributed by atoms with van der Waals surface area (Å²) in [4.78, 5) is 2.44. The number of rotatable bonds is 4. The zero-order valence-electron chi connectivity index (χ0n) is 14.9. The lowest BCUT2D eigenvalue weighted by Gasteiger charge is -2.25. The average molecular weight is 442 g/mol. The number of nitrogens with zero attached hydrogens (tertiary/aromatic N) is 1. The lowest BCUT2D eigenvalue weighted by molar-refractivity contribution is -0.137. The van der Waals surface area contributed by atoms with Gasteiger partial charge in [0.25, 0.3) is 0 Å². The molecule has 1 aliphatic carbocycles. The van der Waals surface area contributed by atoms with E-state index in [1.165, 1.54) is 30.5 Å². The molecule has 6 heteroatoms. The van der Waals surface area contributed by atoms with Gasteiger partial charge in [-0.3, -0.25) is 4.90 Å². The summed E-state index contributed by atoms with van der Waals surface area (Å²) in [6, 6.07) is 13.2. The van der Waals surface area contributed by atoms with Crippen molar-refractivity contribution in [1.29, 1.82) is 0 Å². The number of benzene rings is 2. The largest absolute Gasteiger partial charge is 0.484 e. The molecule has 1 unspecified atom stereocenters. The van der Waals surface area contributed by atoms with Crippen molar-refractivity contribution in [1.82, 2.24) is 4.90 Å². The molecular formula is C21H23BrF3NO. The Labute approximate surface area is 168 Å². The maximum atomic E-state index is 12.8. The standard InChI is InChI=1S/C21H22F3NO.BrH/c22-21(23,24)17-7-9-18(10-8-17)26-20-14-25(13-15-5-6-15)12-11-16-3-1-2-4-19(16)20;/h1-4,7-10,15,20H,5-6,11-14H2;1H. The van der Waals surface area contributed by atoms with Gasteiger partial charge in [-0.1, -0.05) is 24.3 Å². The Hall–Kier alpha value is -1.53. The van der Waals surface area contributed by atoms with Gasteiger partial charge < -0.3 is 4.74 Å². The van der Waals surface area contributed by atoms with Gasteiger partial charge in [0.15, 0.2) is 0 Å². The Morgan fingerprint density at radius 1 is 1.00 bits per heavy atom. The third kappa shape index (κ3) is 5.05. The van der Waals surface area contributed by atoms with Crippen molar-refractivity contribution in [3.63, 3.8) is 0 Å². The second-order valence-electron chi connectivity index (χ2n) is 7.28. The first-order valence-corrected chi connectivity index (χ1v) is 9.13. The highest BCUT2D eigenvalue weighted by atomic mass is 79.9. The summed E-state index contributed by atoms with van der Waals surface area (Å²) in [5.74, 6) is 1.27. The van der Waals surface area contributed by atoms with Crippen molar-refractivity contribution < 1.29 is 17.9 Å². The van der Waals surface area contributed by atoms with Gasteiger partial charge in [-0.25, -0.2) is 0 Å². The molecule has 0 spiro atoms. The van der Waals surface area contributed by atoms with Crippen molar-refractivity contribution in [3.05, 3.63) is 65.2 Å². The molecule has 1 saturated carbocycles. The molecule has 0 amide bonds. The van der Waals surface area contributed by atoms with Crippen LogP contribution in [0.4, 0.5) is 13.2 Å². The minimum absolute atomic E-state index is 0. The Morgan fingerprint density at radius 2 is 1.70 bits per heavy atom. The molecule has 1 heterocycles. The van der Waals surface area contributed by atoms with Crippen LogP contribution in [0.15, 0.2) is 48.5 Å². The molecule has 0 radical (unpaired) electrons. The normalized spacial score (nSPS) is 20.3. The summed E-state index contributed by atoms with van der Waals surface area (Å²) in [5.41, 5.74) is 1.76. The molecule has 2 aliphatic rings. The van der Waals surface area contributed by atoms with E-state index in [0.29, 0.717) is 5.75 Å². The summed E-state index contributed by atoms with van der Waals surface area (Å²) >= 11 is 0. The van der Waals surface area contributed by atoms with Crippen molar-refractivity contribution >= 4 is 17.0 Å². The molecular weight excluding hydrogens is 419 g/mol. The van der Waals surface area contributed by atoms with Gasteiger partial charge in [-0.05, 0) is 60.6 Å². The highest BCUT2D eigenvalue weighted by Gasteiger charge is 2.31. The molecule has 0 N–H and O–H groups in total. The van der Waals surface area contributed by atoms with Crippen LogP contribution in [0, 0.1) is 5.92 Å². The smallest absolute Gasteiger partial charge is 0.416 e. The zero-order valence-corrected chi connectivity index (χ0v) is 16.6. The van der Waals surface area contributed by atoms with E-state index in [4.69, 9.17) is 4.74 Å². The lowest BCUT2D eigenvalue weighted by Crippen LogP contribution is -2.32. The SMILES string of the molecule is Br.FC(F)(F)c1ccc(OC2CN(CC3CC3)CCc3ccccc32)cc1. The maximum absolute atomic E-state index is 12.8. The summed E-state index contributed by atoms with van der Waals surface area (Å²) in [7, 11) is 0. The second kappa shape index (κ2) is 8.23. The molecule has 0 bridgehead atoms.